The zero-order valence-corrected chi connectivity index (χ0v) is 13.5. The molecule has 0 aromatic carbocycles. The number of carbonyl (C=O) groups excluding carboxylic acids is 2. The van der Waals surface area contributed by atoms with Gasteiger partial charge in [0, 0.05) is 26.6 Å². The maximum absolute atomic E-state index is 11.7. The summed E-state index contributed by atoms with van der Waals surface area (Å²) < 4.78 is 4.80. The van der Waals surface area contributed by atoms with E-state index in [4.69, 9.17) is 10.5 Å². The fraction of sp³-hybridized carbons (Fsp3) is 0.857. The van der Waals surface area contributed by atoms with Gasteiger partial charge in [0.1, 0.15) is 6.04 Å². The molecular weight excluding hydrogens is 294 g/mol. The molecule has 0 bridgehead atoms. The molecule has 1 aliphatic carbocycles. The number of amides is 2. The van der Waals surface area contributed by atoms with Crippen LogP contribution in [0.2, 0.25) is 0 Å². The van der Waals surface area contributed by atoms with Gasteiger partial charge in [0.2, 0.25) is 11.8 Å². The van der Waals surface area contributed by atoms with E-state index < -0.39 is 6.04 Å². The summed E-state index contributed by atoms with van der Waals surface area (Å²) in [6.07, 6.45) is 6.71. The molecular formula is C14H28ClN3O3. The predicted molar refractivity (Wildman–Crippen MR) is 84.3 cm³/mol. The van der Waals surface area contributed by atoms with E-state index in [2.05, 4.69) is 10.6 Å². The monoisotopic (exact) mass is 321 g/mol. The number of rotatable bonds is 8. The lowest BCUT2D eigenvalue weighted by Crippen LogP contribution is -2.45. The van der Waals surface area contributed by atoms with Gasteiger partial charge in [-0.05, 0) is 18.8 Å². The summed E-state index contributed by atoms with van der Waals surface area (Å²) in [6, 6.07) is -0.655. The number of nitrogens with two attached hydrogens (primary N) is 1. The molecule has 1 unspecified atom stereocenters. The number of halogens is 1. The smallest absolute Gasteiger partial charge is 0.239 e. The van der Waals surface area contributed by atoms with Crippen molar-refractivity contribution in [3.05, 3.63) is 0 Å². The number of hydrogen-bond acceptors (Lipinski definition) is 4. The highest BCUT2D eigenvalue weighted by Crippen LogP contribution is 2.25. The maximum atomic E-state index is 11.7. The molecule has 1 aliphatic rings. The fourth-order valence-electron chi connectivity index (χ4n) is 2.50. The zero-order valence-electron chi connectivity index (χ0n) is 12.7. The van der Waals surface area contributed by atoms with Crippen molar-refractivity contribution in [1.29, 1.82) is 0 Å². The number of methoxy groups -OCH3 is 1. The Kier molecular flexibility index (Phi) is 11.3. The predicted octanol–water partition coefficient (Wildman–Crippen LogP) is 0.585. The normalized spacial score (nSPS) is 16.7. The standard InChI is InChI=1S/C14H27N3O3.ClH/c1-20-10-12(15)14(19)17-8-7-16-13(18)9-11-5-3-2-4-6-11;/h11-12H,2-10,15H2,1H3,(H,16,18)(H,17,19);1H. The highest BCUT2D eigenvalue weighted by atomic mass is 35.5. The van der Waals surface area contributed by atoms with Crippen LogP contribution < -0.4 is 16.4 Å². The van der Waals surface area contributed by atoms with Crippen LogP contribution in [0.3, 0.4) is 0 Å². The van der Waals surface area contributed by atoms with Gasteiger partial charge >= 0.3 is 0 Å². The second-order valence-electron chi connectivity index (χ2n) is 5.41. The third-order valence-electron chi connectivity index (χ3n) is 3.63. The quantitative estimate of drug-likeness (QED) is 0.570. The second kappa shape index (κ2) is 11.8. The van der Waals surface area contributed by atoms with Crippen molar-refractivity contribution in [2.75, 3.05) is 26.8 Å². The molecule has 7 heteroatoms. The third kappa shape index (κ3) is 8.90. The van der Waals surface area contributed by atoms with Crippen LogP contribution >= 0.6 is 12.4 Å². The largest absolute Gasteiger partial charge is 0.383 e. The van der Waals surface area contributed by atoms with Crippen LogP contribution in [0.25, 0.3) is 0 Å². The highest BCUT2D eigenvalue weighted by Gasteiger charge is 2.17. The molecule has 124 valence electrons. The summed E-state index contributed by atoms with van der Waals surface area (Å²) >= 11 is 0. The van der Waals surface area contributed by atoms with Crippen LogP contribution in [0.4, 0.5) is 0 Å². The van der Waals surface area contributed by atoms with E-state index in [1.165, 1.54) is 26.4 Å². The number of carbonyl (C=O) groups is 2. The zero-order chi connectivity index (χ0) is 14.8. The van der Waals surface area contributed by atoms with Crippen molar-refractivity contribution in [2.24, 2.45) is 11.7 Å². The summed E-state index contributed by atoms with van der Waals surface area (Å²) in [7, 11) is 1.50. The second-order valence-corrected chi connectivity index (χ2v) is 5.41. The molecule has 1 rings (SSSR count). The number of nitrogens with one attached hydrogen (secondary N) is 2. The van der Waals surface area contributed by atoms with E-state index in [1.807, 2.05) is 0 Å². The van der Waals surface area contributed by atoms with E-state index in [1.54, 1.807) is 0 Å². The SMILES string of the molecule is COCC(N)C(=O)NCCNC(=O)CC1CCCCC1.Cl. The van der Waals surface area contributed by atoms with Gasteiger partial charge in [-0.2, -0.15) is 0 Å². The van der Waals surface area contributed by atoms with Crippen LogP contribution in [0.15, 0.2) is 0 Å². The minimum absolute atomic E-state index is 0. The lowest BCUT2D eigenvalue weighted by atomic mass is 9.87. The van der Waals surface area contributed by atoms with Gasteiger partial charge in [-0.1, -0.05) is 19.3 Å². The van der Waals surface area contributed by atoms with Gasteiger partial charge in [0.05, 0.1) is 6.61 Å². The van der Waals surface area contributed by atoms with Crippen LogP contribution in [0, 0.1) is 5.92 Å². The number of ether oxygens (including phenoxy) is 1. The Morgan fingerprint density at radius 1 is 1.19 bits per heavy atom. The van der Waals surface area contributed by atoms with Crippen molar-refractivity contribution in [3.8, 4) is 0 Å². The Bertz CT molecular complexity index is 310. The van der Waals surface area contributed by atoms with Gasteiger partial charge in [-0.25, -0.2) is 0 Å². The Hall–Kier alpha value is -0.850. The van der Waals surface area contributed by atoms with E-state index in [0.717, 1.165) is 12.8 Å². The summed E-state index contributed by atoms with van der Waals surface area (Å²) in [5.74, 6) is 0.356. The molecule has 21 heavy (non-hydrogen) atoms. The minimum Gasteiger partial charge on any atom is -0.383 e. The lowest BCUT2D eigenvalue weighted by Gasteiger charge is -2.20. The van der Waals surface area contributed by atoms with Crippen LogP contribution in [0.1, 0.15) is 38.5 Å². The maximum Gasteiger partial charge on any atom is 0.239 e. The first-order valence-electron chi connectivity index (χ1n) is 7.42. The van der Waals surface area contributed by atoms with Crippen molar-refractivity contribution in [2.45, 2.75) is 44.6 Å². The van der Waals surface area contributed by atoms with E-state index >= 15 is 0 Å². The van der Waals surface area contributed by atoms with Crippen LogP contribution in [0.5, 0.6) is 0 Å². The average Bonchev–Trinajstić information content (AvgIpc) is 2.44. The topological polar surface area (TPSA) is 93.4 Å². The molecule has 0 aromatic rings. The van der Waals surface area contributed by atoms with Gasteiger partial charge in [0.25, 0.3) is 0 Å². The molecule has 0 spiro atoms. The Morgan fingerprint density at radius 2 is 1.81 bits per heavy atom. The molecule has 1 fully saturated rings. The molecule has 0 aromatic heterocycles. The molecule has 4 N–H and O–H groups in total. The molecule has 0 saturated heterocycles. The molecule has 0 radical (unpaired) electrons. The molecule has 0 aliphatic heterocycles. The first-order valence-corrected chi connectivity index (χ1v) is 7.42. The summed E-state index contributed by atoms with van der Waals surface area (Å²) in [6.45, 7) is 1.03. The fourth-order valence-corrected chi connectivity index (χ4v) is 2.50. The Balaban J connectivity index is 0.00000400. The van der Waals surface area contributed by atoms with Crippen molar-refractivity contribution >= 4 is 24.2 Å². The minimum atomic E-state index is -0.655. The molecule has 6 nitrogen and oxygen atoms in total. The van der Waals surface area contributed by atoms with Crippen molar-refractivity contribution < 1.29 is 14.3 Å². The van der Waals surface area contributed by atoms with Gasteiger partial charge < -0.3 is 21.1 Å². The summed E-state index contributed by atoms with van der Waals surface area (Å²) in [5, 5.41) is 5.50. The average molecular weight is 322 g/mol. The molecule has 0 heterocycles. The van der Waals surface area contributed by atoms with Crippen LogP contribution in [-0.2, 0) is 14.3 Å². The third-order valence-corrected chi connectivity index (χ3v) is 3.63. The Labute approximate surface area is 133 Å². The molecule has 2 amide bonds. The molecule has 1 saturated carbocycles. The van der Waals surface area contributed by atoms with Crippen LogP contribution in [-0.4, -0.2) is 44.7 Å². The van der Waals surface area contributed by atoms with Gasteiger partial charge in [0.15, 0.2) is 0 Å². The van der Waals surface area contributed by atoms with Gasteiger partial charge in [-0.3, -0.25) is 9.59 Å². The number of hydrogen-bond donors (Lipinski definition) is 3. The summed E-state index contributed by atoms with van der Waals surface area (Å²) in [5.41, 5.74) is 5.57. The van der Waals surface area contributed by atoms with Gasteiger partial charge in [-0.15, -0.1) is 12.4 Å². The molecule has 1 atom stereocenters. The lowest BCUT2D eigenvalue weighted by molar-refractivity contribution is -0.124. The van der Waals surface area contributed by atoms with E-state index in [0.29, 0.717) is 25.4 Å². The van der Waals surface area contributed by atoms with E-state index in [9.17, 15) is 9.59 Å². The first kappa shape index (κ1) is 20.1. The van der Waals surface area contributed by atoms with E-state index in [-0.39, 0.29) is 30.8 Å². The summed E-state index contributed by atoms with van der Waals surface area (Å²) in [4.78, 5) is 23.2. The highest BCUT2D eigenvalue weighted by molar-refractivity contribution is 5.85. The van der Waals surface area contributed by atoms with Crippen molar-refractivity contribution in [1.82, 2.24) is 10.6 Å². The first-order chi connectivity index (χ1) is 9.63. The van der Waals surface area contributed by atoms with Crippen molar-refractivity contribution in [3.63, 3.8) is 0 Å². The Morgan fingerprint density at radius 3 is 2.43 bits per heavy atom.